The first-order chi connectivity index (χ1) is 5.81. The molecular weight excluding hydrogens is 150 g/mol. The standard InChI is InChI=1S/C10H15NO/c1-4-11-9-7-5-6-8-10(2)12-3/h4-8,11H,1-2,9H2,3H3/b7-5+,8-6-. The van der Waals surface area contributed by atoms with E-state index in [-0.39, 0.29) is 0 Å². The molecule has 12 heavy (non-hydrogen) atoms. The molecule has 0 heterocycles. The molecule has 0 aliphatic heterocycles. The van der Waals surface area contributed by atoms with Gasteiger partial charge in [-0.25, -0.2) is 0 Å². The Kier molecular flexibility index (Phi) is 6.74. The van der Waals surface area contributed by atoms with Crippen LogP contribution in [0.25, 0.3) is 0 Å². The van der Waals surface area contributed by atoms with Crippen LogP contribution in [0.3, 0.4) is 0 Å². The van der Waals surface area contributed by atoms with Crippen molar-refractivity contribution in [2.45, 2.75) is 0 Å². The van der Waals surface area contributed by atoms with Gasteiger partial charge in [0.15, 0.2) is 0 Å². The number of allylic oxidation sites excluding steroid dienone is 3. The van der Waals surface area contributed by atoms with Crippen LogP contribution in [0.1, 0.15) is 0 Å². The average molecular weight is 165 g/mol. The van der Waals surface area contributed by atoms with E-state index in [2.05, 4.69) is 18.5 Å². The molecule has 66 valence electrons. The monoisotopic (exact) mass is 165 g/mol. The quantitative estimate of drug-likeness (QED) is 0.369. The van der Waals surface area contributed by atoms with E-state index in [0.717, 1.165) is 6.54 Å². The maximum absolute atomic E-state index is 4.83. The van der Waals surface area contributed by atoms with Crippen LogP contribution in [0.15, 0.2) is 49.4 Å². The lowest BCUT2D eigenvalue weighted by atomic mass is 10.4. The molecule has 2 heteroatoms. The molecule has 0 amide bonds. The van der Waals surface area contributed by atoms with E-state index in [1.54, 1.807) is 19.4 Å². The van der Waals surface area contributed by atoms with Crippen molar-refractivity contribution in [2.75, 3.05) is 13.7 Å². The fourth-order valence-corrected chi connectivity index (χ4v) is 0.529. The number of methoxy groups -OCH3 is 1. The minimum absolute atomic E-state index is 0.649. The minimum Gasteiger partial charge on any atom is -0.497 e. The lowest BCUT2D eigenvalue weighted by Crippen LogP contribution is -2.01. The zero-order chi connectivity index (χ0) is 9.23. The van der Waals surface area contributed by atoms with Crippen molar-refractivity contribution in [2.24, 2.45) is 0 Å². The van der Waals surface area contributed by atoms with Gasteiger partial charge in [0.2, 0.25) is 0 Å². The maximum Gasteiger partial charge on any atom is 0.111 e. The van der Waals surface area contributed by atoms with E-state index in [1.807, 2.05) is 18.2 Å². The summed E-state index contributed by atoms with van der Waals surface area (Å²) in [7, 11) is 1.59. The fourth-order valence-electron chi connectivity index (χ4n) is 0.529. The molecule has 0 atom stereocenters. The Hall–Kier alpha value is -1.44. The van der Waals surface area contributed by atoms with Crippen LogP contribution in [0.2, 0.25) is 0 Å². The highest BCUT2D eigenvalue weighted by Crippen LogP contribution is 1.91. The highest BCUT2D eigenvalue weighted by atomic mass is 16.5. The molecule has 0 radical (unpaired) electrons. The average Bonchev–Trinajstić information content (AvgIpc) is 2.10. The van der Waals surface area contributed by atoms with Crippen molar-refractivity contribution in [3.8, 4) is 0 Å². The third-order valence-electron chi connectivity index (χ3n) is 1.17. The number of rotatable bonds is 6. The Morgan fingerprint density at radius 3 is 2.83 bits per heavy atom. The molecule has 2 nitrogen and oxygen atoms in total. The normalized spacial score (nSPS) is 10.4. The van der Waals surface area contributed by atoms with E-state index < -0.39 is 0 Å². The summed E-state index contributed by atoms with van der Waals surface area (Å²) in [5.74, 6) is 0.649. The highest BCUT2D eigenvalue weighted by molar-refractivity contribution is 5.14. The Morgan fingerprint density at radius 2 is 2.25 bits per heavy atom. The second kappa shape index (κ2) is 7.66. The molecule has 0 bridgehead atoms. The maximum atomic E-state index is 4.83. The Morgan fingerprint density at radius 1 is 1.50 bits per heavy atom. The van der Waals surface area contributed by atoms with Crippen LogP contribution in [0.4, 0.5) is 0 Å². The largest absolute Gasteiger partial charge is 0.497 e. The van der Waals surface area contributed by atoms with Crippen molar-refractivity contribution in [1.29, 1.82) is 0 Å². The molecule has 0 aliphatic rings. The lowest BCUT2D eigenvalue weighted by Gasteiger charge is -1.93. The molecule has 0 unspecified atom stereocenters. The summed E-state index contributed by atoms with van der Waals surface area (Å²) < 4.78 is 4.83. The Balaban J connectivity index is 3.51. The van der Waals surface area contributed by atoms with Crippen LogP contribution < -0.4 is 5.32 Å². The first-order valence-electron chi connectivity index (χ1n) is 3.71. The van der Waals surface area contributed by atoms with Gasteiger partial charge in [0.25, 0.3) is 0 Å². The summed E-state index contributed by atoms with van der Waals surface area (Å²) in [4.78, 5) is 0. The molecule has 0 saturated carbocycles. The molecule has 0 rings (SSSR count). The number of hydrogen-bond acceptors (Lipinski definition) is 2. The van der Waals surface area contributed by atoms with Crippen molar-refractivity contribution in [3.05, 3.63) is 49.4 Å². The molecule has 1 N–H and O–H groups in total. The molecular formula is C10H15NO. The summed E-state index contributed by atoms with van der Waals surface area (Å²) >= 11 is 0. The van der Waals surface area contributed by atoms with Gasteiger partial charge in [0.05, 0.1) is 7.11 Å². The molecule has 0 aromatic heterocycles. The number of nitrogens with one attached hydrogen (secondary N) is 1. The molecule has 0 aliphatic carbocycles. The van der Waals surface area contributed by atoms with E-state index in [1.165, 1.54) is 0 Å². The number of ether oxygens (including phenoxy) is 1. The van der Waals surface area contributed by atoms with Crippen LogP contribution in [0.5, 0.6) is 0 Å². The van der Waals surface area contributed by atoms with Crippen LogP contribution in [0, 0.1) is 0 Å². The van der Waals surface area contributed by atoms with E-state index >= 15 is 0 Å². The van der Waals surface area contributed by atoms with Gasteiger partial charge in [0.1, 0.15) is 5.76 Å². The topological polar surface area (TPSA) is 21.3 Å². The predicted octanol–water partition coefficient (Wildman–Crippen LogP) is 1.99. The van der Waals surface area contributed by atoms with Gasteiger partial charge in [-0.05, 0) is 12.3 Å². The summed E-state index contributed by atoms with van der Waals surface area (Å²) in [5, 5.41) is 2.94. The first kappa shape index (κ1) is 10.6. The third-order valence-corrected chi connectivity index (χ3v) is 1.17. The van der Waals surface area contributed by atoms with Gasteiger partial charge in [0, 0.05) is 6.54 Å². The summed E-state index contributed by atoms with van der Waals surface area (Å²) in [5.41, 5.74) is 0. The third kappa shape index (κ3) is 6.68. The molecule has 0 fully saturated rings. The van der Waals surface area contributed by atoms with Gasteiger partial charge in [-0.1, -0.05) is 31.4 Å². The van der Waals surface area contributed by atoms with Crippen LogP contribution in [-0.2, 0) is 4.74 Å². The summed E-state index contributed by atoms with van der Waals surface area (Å²) in [6.45, 7) is 7.94. The van der Waals surface area contributed by atoms with E-state index in [4.69, 9.17) is 4.74 Å². The first-order valence-corrected chi connectivity index (χ1v) is 3.71. The zero-order valence-electron chi connectivity index (χ0n) is 7.42. The molecule has 0 aromatic rings. The Bertz CT molecular complexity index is 192. The van der Waals surface area contributed by atoms with Gasteiger partial charge in [-0.3, -0.25) is 0 Å². The van der Waals surface area contributed by atoms with Gasteiger partial charge >= 0.3 is 0 Å². The zero-order valence-corrected chi connectivity index (χ0v) is 7.42. The molecule has 0 spiro atoms. The number of hydrogen-bond donors (Lipinski definition) is 1. The lowest BCUT2D eigenvalue weighted by molar-refractivity contribution is 0.309. The van der Waals surface area contributed by atoms with Gasteiger partial charge in [-0.15, -0.1) is 0 Å². The van der Waals surface area contributed by atoms with Crippen LogP contribution in [-0.4, -0.2) is 13.7 Å². The fraction of sp³-hybridized carbons (Fsp3) is 0.200. The molecule has 0 aromatic carbocycles. The highest BCUT2D eigenvalue weighted by Gasteiger charge is 1.77. The second-order valence-electron chi connectivity index (χ2n) is 2.07. The Labute approximate surface area is 73.9 Å². The van der Waals surface area contributed by atoms with Crippen molar-refractivity contribution in [3.63, 3.8) is 0 Å². The van der Waals surface area contributed by atoms with Crippen LogP contribution >= 0.6 is 0 Å². The van der Waals surface area contributed by atoms with Gasteiger partial charge < -0.3 is 10.1 Å². The molecule has 0 saturated heterocycles. The smallest absolute Gasteiger partial charge is 0.111 e. The SMILES string of the molecule is C=CNC/C=C/C=C\C(=C)OC. The minimum atomic E-state index is 0.649. The predicted molar refractivity (Wildman–Crippen MR) is 52.6 cm³/mol. The van der Waals surface area contributed by atoms with E-state index in [9.17, 15) is 0 Å². The summed E-state index contributed by atoms with van der Waals surface area (Å²) in [6.07, 6.45) is 9.21. The van der Waals surface area contributed by atoms with E-state index in [0.29, 0.717) is 5.76 Å². The van der Waals surface area contributed by atoms with Crippen molar-refractivity contribution < 1.29 is 4.74 Å². The van der Waals surface area contributed by atoms with Gasteiger partial charge in [-0.2, -0.15) is 0 Å². The van der Waals surface area contributed by atoms with Crippen molar-refractivity contribution in [1.82, 2.24) is 5.32 Å². The second-order valence-corrected chi connectivity index (χ2v) is 2.07. The summed E-state index contributed by atoms with van der Waals surface area (Å²) in [6, 6.07) is 0. The van der Waals surface area contributed by atoms with Crippen molar-refractivity contribution >= 4 is 0 Å².